The lowest BCUT2D eigenvalue weighted by molar-refractivity contribution is 0.0827. The van der Waals surface area contributed by atoms with Gasteiger partial charge in [0.1, 0.15) is 5.76 Å². The number of hydrogen-bond donors (Lipinski definition) is 2. The van der Waals surface area contributed by atoms with E-state index in [2.05, 4.69) is 20.6 Å². The number of aliphatic imine (C=N–C) groups is 1. The van der Waals surface area contributed by atoms with Crippen LogP contribution in [0.4, 0.5) is 0 Å². The summed E-state index contributed by atoms with van der Waals surface area (Å²) in [7, 11) is 5.19. The predicted molar refractivity (Wildman–Crippen MR) is 97.5 cm³/mol. The number of guanidine groups is 1. The summed E-state index contributed by atoms with van der Waals surface area (Å²) in [6.07, 6.45) is 0. The summed E-state index contributed by atoms with van der Waals surface area (Å²) in [5.41, 5.74) is 2.62. The Labute approximate surface area is 148 Å². The van der Waals surface area contributed by atoms with Crippen LogP contribution in [0.5, 0.6) is 0 Å². The van der Waals surface area contributed by atoms with Crippen LogP contribution in [0.1, 0.15) is 33.3 Å². The molecule has 1 heterocycles. The van der Waals surface area contributed by atoms with E-state index in [4.69, 9.17) is 4.42 Å². The third-order valence-electron chi connectivity index (χ3n) is 3.77. The van der Waals surface area contributed by atoms with E-state index in [1.165, 1.54) is 0 Å². The van der Waals surface area contributed by atoms with Gasteiger partial charge < -0.3 is 20.0 Å². The smallest absolute Gasteiger partial charge is 0.253 e. The third kappa shape index (κ3) is 5.07. The molecule has 2 aromatic rings. The number of carbonyl (C=O) groups excluding carboxylic acids is 1. The lowest BCUT2D eigenvalue weighted by atomic mass is 10.1. The Kier molecular flexibility index (Phi) is 6.16. The molecule has 0 unspecified atom stereocenters. The quantitative estimate of drug-likeness (QED) is 0.640. The lowest BCUT2D eigenvalue weighted by Crippen LogP contribution is -2.36. The molecule has 1 aromatic carbocycles. The molecule has 25 heavy (non-hydrogen) atoms. The van der Waals surface area contributed by atoms with Gasteiger partial charge in [-0.2, -0.15) is 0 Å². The summed E-state index contributed by atoms with van der Waals surface area (Å²) >= 11 is 0. The maximum Gasteiger partial charge on any atom is 0.253 e. The Bertz CT molecular complexity index is 728. The largest absolute Gasteiger partial charge is 0.444 e. The molecule has 0 aliphatic carbocycles. The SMILES string of the molecule is CN=C(NCc1ccc(C(=O)N(C)C)cc1)NCc1nc(C)c(C)o1. The van der Waals surface area contributed by atoms with Crippen LogP contribution < -0.4 is 10.6 Å². The van der Waals surface area contributed by atoms with Crippen molar-refractivity contribution in [3.63, 3.8) is 0 Å². The molecule has 0 saturated carbocycles. The molecule has 2 N–H and O–H groups in total. The molecule has 0 aliphatic heterocycles. The lowest BCUT2D eigenvalue weighted by Gasteiger charge is -2.12. The minimum absolute atomic E-state index is 0.00600. The summed E-state index contributed by atoms with van der Waals surface area (Å²) in [6, 6.07) is 7.51. The average Bonchev–Trinajstić information content (AvgIpc) is 2.92. The molecule has 7 heteroatoms. The number of hydrogen-bond acceptors (Lipinski definition) is 4. The minimum atomic E-state index is -0.00600. The van der Waals surface area contributed by atoms with Crippen molar-refractivity contribution in [2.24, 2.45) is 4.99 Å². The van der Waals surface area contributed by atoms with Crippen molar-refractivity contribution in [3.8, 4) is 0 Å². The van der Waals surface area contributed by atoms with Crippen LogP contribution in [0.15, 0.2) is 33.7 Å². The number of nitrogens with one attached hydrogen (secondary N) is 2. The monoisotopic (exact) mass is 343 g/mol. The maximum absolute atomic E-state index is 11.9. The molecule has 0 fully saturated rings. The molecule has 0 spiro atoms. The van der Waals surface area contributed by atoms with Gasteiger partial charge in [0.15, 0.2) is 5.96 Å². The van der Waals surface area contributed by atoms with E-state index in [0.29, 0.717) is 30.5 Å². The Morgan fingerprint density at radius 3 is 2.32 bits per heavy atom. The molecule has 0 atom stereocenters. The highest BCUT2D eigenvalue weighted by atomic mass is 16.4. The number of rotatable bonds is 5. The van der Waals surface area contributed by atoms with Crippen LogP contribution in [0, 0.1) is 13.8 Å². The molecule has 2 rings (SSSR count). The Balaban J connectivity index is 1.87. The molecule has 0 radical (unpaired) electrons. The van der Waals surface area contributed by atoms with Gasteiger partial charge in [-0.3, -0.25) is 9.79 Å². The van der Waals surface area contributed by atoms with Gasteiger partial charge in [0.25, 0.3) is 5.91 Å². The fourth-order valence-corrected chi connectivity index (χ4v) is 2.20. The van der Waals surface area contributed by atoms with E-state index in [9.17, 15) is 4.79 Å². The van der Waals surface area contributed by atoms with Crippen molar-refractivity contribution >= 4 is 11.9 Å². The highest BCUT2D eigenvalue weighted by Gasteiger charge is 2.08. The Hall–Kier alpha value is -2.83. The van der Waals surface area contributed by atoms with E-state index < -0.39 is 0 Å². The standard InChI is InChI=1S/C18H25N5O2/c1-12-13(2)25-16(22-12)11-21-18(19-3)20-10-14-6-8-15(9-7-14)17(24)23(4)5/h6-9H,10-11H2,1-5H3,(H2,19,20,21). The number of benzene rings is 1. The first-order chi connectivity index (χ1) is 11.9. The van der Waals surface area contributed by atoms with Crippen LogP contribution in [0.25, 0.3) is 0 Å². The molecule has 0 bridgehead atoms. The molecule has 134 valence electrons. The van der Waals surface area contributed by atoms with Gasteiger partial charge in [0.2, 0.25) is 5.89 Å². The molecule has 1 aromatic heterocycles. The number of aromatic nitrogens is 1. The van der Waals surface area contributed by atoms with Gasteiger partial charge in [-0.1, -0.05) is 12.1 Å². The first-order valence-corrected chi connectivity index (χ1v) is 8.08. The van der Waals surface area contributed by atoms with Crippen molar-refractivity contribution < 1.29 is 9.21 Å². The molecule has 0 saturated heterocycles. The molecular weight excluding hydrogens is 318 g/mol. The number of oxazole rings is 1. The van der Waals surface area contributed by atoms with Crippen molar-refractivity contribution in [2.75, 3.05) is 21.1 Å². The van der Waals surface area contributed by atoms with Gasteiger partial charge in [-0.15, -0.1) is 0 Å². The van der Waals surface area contributed by atoms with E-state index in [-0.39, 0.29) is 5.91 Å². The van der Waals surface area contributed by atoms with Gasteiger partial charge in [0.05, 0.1) is 12.2 Å². The van der Waals surface area contributed by atoms with E-state index in [1.54, 1.807) is 26.0 Å². The zero-order valence-corrected chi connectivity index (χ0v) is 15.4. The van der Waals surface area contributed by atoms with Gasteiger partial charge in [-0.05, 0) is 31.5 Å². The predicted octanol–water partition coefficient (Wildman–Crippen LogP) is 1.86. The third-order valence-corrected chi connectivity index (χ3v) is 3.77. The van der Waals surface area contributed by atoms with Crippen LogP contribution in [0.2, 0.25) is 0 Å². The normalized spacial score (nSPS) is 11.3. The van der Waals surface area contributed by atoms with Crippen LogP contribution in [-0.2, 0) is 13.1 Å². The average molecular weight is 343 g/mol. The number of amides is 1. The maximum atomic E-state index is 11.9. The number of nitrogens with zero attached hydrogens (tertiary/aromatic N) is 3. The van der Waals surface area contributed by atoms with Crippen LogP contribution in [0.3, 0.4) is 0 Å². The summed E-state index contributed by atoms with van der Waals surface area (Å²) in [4.78, 5) is 21.9. The summed E-state index contributed by atoms with van der Waals surface area (Å²) < 4.78 is 5.53. The van der Waals surface area contributed by atoms with E-state index in [0.717, 1.165) is 17.0 Å². The van der Waals surface area contributed by atoms with Gasteiger partial charge >= 0.3 is 0 Å². The van der Waals surface area contributed by atoms with Crippen molar-refractivity contribution in [3.05, 3.63) is 52.7 Å². The second-order valence-electron chi connectivity index (χ2n) is 5.93. The summed E-state index contributed by atoms with van der Waals surface area (Å²) in [5.74, 6) is 2.10. The zero-order valence-electron chi connectivity index (χ0n) is 15.4. The second-order valence-corrected chi connectivity index (χ2v) is 5.93. The van der Waals surface area contributed by atoms with Gasteiger partial charge in [-0.25, -0.2) is 4.98 Å². The first-order valence-electron chi connectivity index (χ1n) is 8.08. The van der Waals surface area contributed by atoms with E-state index in [1.807, 2.05) is 38.1 Å². The Morgan fingerprint density at radius 2 is 1.80 bits per heavy atom. The van der Waals surface area contributed by atoms with Crippen LogP contribution >= 0.6 is 0 Å². The molecule has 1 amide bonds. The number of carbonyl (C=O) groups is 1. The second kappa shape index (κ2) is 8.32. The van der Waals surface area contributed by atoms with Crippen molar-refractivity contribution in [1.82, 2.24) is 20.5 Å². The van der Waals surface area contributed by atoms with E-state index >= 15 is 0 Å². The van der Waals surface area contributed by atoms with Crippen molar-refractivity contribution in [2.45, 2.75) is 26.9 Å². The van der Waals surface area contributed by atoms with Crippen LogP contribution in [-0.4, -0.2) is 42.9 Å². The highest BCUT2D eigenvalue weighted by Crippen LogP contribution is 2.08. The minimum Gasteiger partial charge on any atom is -0.444 e. The first kappa shape index (κ1) is 18.5. The Morgan fingerprint density at radius 1 is 1.16 bits per heavy atom. The van der Waals surface area contributed by atoms with Crippen molar-refractivity contribution in [1.29, 1.82) is 0 Å². The fourth-order valence-electron chi connectivity index (χ4n) is 2.20. The summed E-state index contributed by atoms with van der Waals surface area (Å²) in [5, 5.41) is 6.39. The summed E-state index contributed by atoms with van der Waals surface area (Å²) in [6.45, 7) is 4.87. The van der Waals surface area contributed by atoms with Gasteiger partial charge in [0, 0.05) is 33.3 Å². The molecule has 7 nitrogen and oxygen atoms in total. The molecular formula is C18H25N5O2. The molecule has 0 aliphatic rings. The zero-order chi connectivity index (χ0) is 18.4. The fraction of sp³-hybridized carbons (Fsp3) is 0.389. The number of aryl methyl sites for hydroxylation is 2. The topological polar surface area (TPSA) is 82.8 Å². The highest BCUT2D eigenvalue weighted by molar-refractivity contribution is 5.93.